The van der Waals surface area contributed by atoms with Crippen LogP contribution in [0.2, 0.25) is 0 Å². The second-order valence-electron chi connectivity index (χ2n) is 5.28. The Morgan fingerprint density at radius 1 is 1.30 bits per heavy atom. The Balaban J connectivity index is 2.30. The van der Waals surface area contributed by atoms with Crippen LogP contribution in [0, 0.1) is 0 Å². The maximum absolute atomic E-state index is 13.0. The average Bonchev–Trinajstić information content (AvgIpc) is 3.22. The Morgan fingerprint density at radius 3 is 2.50 bits per heavy atom. The number of hydrogen-bond donors (Lipinski definition) is 1. The molecule has 1 aliphatic carbocycles. The molecule has 0 atom stereocenters. The quantitative estimate of drug-likeness (QED) is 0.856. The number of unbranched alkanes of at least 4 members (excludes halogenated alkanes) is 1. The number of rotatable bonds is 6. The molecule has 0 aliphatic heterocycles. The molecular weight excluding hydrogens is 267 g/mol. The van der Waals surface area contributed by atoms with Gasteiger partial charge in [-0.2, -0.15) is 13.2 Å². The zero-order valence-corrected chi connectivity index (χ0v) is 11.6. The summed E-state index contributed by atoms with van der Waals surface area (Å²) in [5.74, 6) is 0. The summed E-state index contributed by atoms with van der Waals surface area (Å²) in [7, 11) is 0. The molecule has 2 rings (SSSR count). The molecule has 20 heavy (non-hydrogen) atoms. The summed E-state index contributed by atoms with van der Waals surface area (Å²) >= 11 is 0. The van der Waals surface area contributed by atoms with Gasteiger partial charge in [0.05, 0.1) is 12.2 Å². The molecule has 0 unspecified atom stereocenters. The number of anilines is 1. The molecule has 0 saturated heterocycles. The van der Waals surface area contributed by atoms with Crippen LogP contribution in [0.5, 0.6) is 0 Å². The fourth-order valence-electron chi connectivity index (χ4n) is 2.38. The Morgan fingerprint density at radius 2 is 2.00 bits per heavy atom. The van der Waals surface area contributed by atoms with Crippen LogP contribution in [-0.2, 0) is 12.8 Å². The number of hydrogen-bond acceptors (Lipinski definition) is 2. The SMILES string of the molecule is CCCCN(c1ccc(CO)c(C(F)(F)F)c1)C1CC1. The molecule has 112 valence electrons. The number of benzene rings is 1. The molecule has 1 aromatic rings. The van der Waals surface area contributed by atoms with Crippen LogP contribution in [0.15, 0.2) is 18.2 Å². The van der Waals surface area contributed by atoms with Crippen molar-refractivity contribution in [2.24, 2.45) is 0 Å². The van der Waals surface area contributed by atoms with E-state index in [-0.39, 0.29) is 5.56 Å². The zero-order chi connectivity index (χ0) is 14.8. The lowest BCUT2D eigenvalue weighted by molar-refractivity contribution is -0.138. The predicted molar refractivity (Wildman–Crippen MR) is 72.6 cm³/mol. The number of halogens is 3. The first-order valence-corrected chi connectivity index (χ1v) is 7.05. The van der Waals surface area contributed by atoms with Gasteiger partial charge in [0, 0.05) is 18.3 Å². The van der Waals surface area contributed by atoms with Crippen LogP contribution in [0.1, 0.15) is 43.7 Å². The lowest BCUT2D eigenvalue weighted by Crippen LogP contribution is -2.27. The van der Waals surface area contributed by atoms with Gasteiger partial charge in [0.1, 0.15) is 0 Å². The first-order chi connectivity index (χ1) is 9.47. The summed E-state index contributed by atoms with van der Waals surface area (Å²) in [5, 5.41) is 9.06. The second-order valence-corrected chi connectivity index (χ2v) is 5.28. The van der Waals surface area contributed by atoms with Gasteiger partial charge in [-0.15, -0.1) is 0 Å². The van der Waals surface area contributed by atoms with Crippen molar-refractivity contribution in [1.29, 1.82) is 0 Å². The van der Waals surface area contributed by atoms with Gasteiger partial charge in [-0.3, -0.25) is 0 Å². The largest absolute Gasteiger partial charge is 0.416 e. The highest BCUT2D eigenvalue weighted by Gasteiger charge is 2.35. The Hall–Kier alpha value is -1.23. The molecule has 0 heterocycles. The fourth-order valence-corrected chi connectivity index (χ4v) is 2.38. The van der Waals surface area contributed by atoms with Gasteiger partial charge in [-0.1, -0.05) is 19.4 Å². The van der Waals surface area contributed by atoms with Crippen molar-refractivity contribution >= 4 is 5.69 Å². The van der Waals surface area contributed by atoms with Crippen LogP contribution in [0.4, 0.5) is 18.9 Å². The number of alkyl halides is 3. The number of nitrogens with zero attached hydrogens (tertiary/aromatic N) is 1. The Bertz CT molecular complexity index is 455. The molecule has 5 heteroatoms. The van der Waals surface area contributed by atoms with Crippen LogP contribution in [0.3, 0.4) is 0 Å². The molecule has 0 aromatic heterocycles. The first kappa shape index (κ1) is 15.2. The third-order valence-electron chi connectivity index (χ3n) is 3.64. The second kappa shape index (κ2) is 6.04. The molecule has 0 spiro atoms. The molecule has 0 amide bonds. The molecule has 0 bridgehead atoms. The first-order valence-electron chi connectivity index (χ1n) is 7.05. The Kier molecular flexibility index (Phi) is 4.58. The molecule has 0 radical (unpaired) electrons. The summed E-state index contributed by atoms with van der Waals surface area (Å²) in [6, 6.07) is 4.64. The lowest BCUT2D eigenvalue weighted by Gasteiger charge is -2.26. The van der Waals surface area contributed by atoms with E-state index in [0.29, 0.717) is 11.7 Å². The standard InChI is InChI=1S/C15H20F3NO/c1-2-3-8-19(12-6-7-12)13-5-4-11(10-20)14(9-13)15(16,17)18/h4-5,9,12,20H,2-3,6-8,10H2,1H3. The normalized spacial score (nSPS) is 15.4. The van der Waals surface area contributed by atoms with E-state index in [1.54, 1.807) is 6.07 Å². The molecular formula is C15H20F3NO. The van der Waals surface area contributed by atoms with Crippen LogP contribution >= 0.6 is 0 Å². The summed E-state index contributed by atoms with van der Waals surface area (Å²) in [5.41, 5.74) is -0.169. The average molecular weight is 287 g/mol. The maximum atomic E-state index is 13.0. The third-order valence-corrected chi connectivity index (χ3v) is 3.64. The monoisotopic (exact) mass is 287 g/mol. The highest BCUT2D eigenvalue weighted by Crippen LogP contribution is 2.37. The van der Waals surface area contributed by atoms with E-state index in [1.165, 1.54) is 12.1 Å². The van der Waals surface area contributed by atoms with E-state index in [1.807, 2.05) is 0 Å². The minimum absolute atomic E-state index is 0.0625. The van der Waals surface area contributed by atoms with Crippen molar-refractivity contribution in [1.82, 2.24) is 0 Å². The van der Waals surface area contributed by atoms with E-state index in [4.69, 9.17) is 5.11 Å². The summed E-state index contributed by atoms with van der Waals surface area (Å²) in [4.78, 5) is 2.07. The van der Waals surface area contributed by atoms with Gasteiger partial charge < -0.3 is 10.0 Å². The third kappa shape index (κ3) is 3.45. The zero-order valence-electron chi connectivity index (χ0n) is 11.6. The predicted octanol–water partition coefficient (Wildman–Crippen LogP) is 3.97. The molecule has 1 fully saturated rings. The molecule has 1 saturated carbocycles. The molecule has 2 nitrogen and oxygen atoms in total. The van der Waals surface area contributed by atoms with E-state index in [2.05, 4.69) is 11.8 Å². The van der Waals surface area contributed by atoms with E-state index < -0.39 is 18.3 Å². The van der Waals surface area contributed by atoms with Crippen molar-refractivity contribution < 1.29 is 18.3 Å². The van der Waals surface area contributed by atoms with Crippen molar-refractivity contribution in [3.05, 3.63) is 29.3 Å². The van der Waals surface area contributed by atoms with Crippen molar-refractivity contribution in [2.45, 2.75) is 51.4 Å². The van der Waals surface area contributed by atoms with E-state index in [9.17, 15) is 13.2 Å². The molecule has 1 aliphatic rings. The number of aliphatic hydroxyl groups is 1. The van der Waals surface area contributed by atoms with E-state index >= 15 is 0 Å². The topological polar surface area (TPSA) is 23.5 Å². The van der Waals surface area contributed by atoms with Crippen LogP contribution in [0.25, 0.3) is 0 Å². The minimum atomic E-state index is -4.42. The lowest BCUT2D eigenvalue weighted by atomic mass is 10.1. The van der Waals surface area contributed by atoms with Gasteiger partial charge in [-0.25, -0.2) is 0 Å². The highest BCUT2D eigenvalue weighted by atomic mass is 19.4. The van der Waals surface area contributed by atoms with Crippen LogP contribution < -0.4 is 4.90 Å². The molecule has 1 aromatic carbocycles. The van der Waals surface area contributed by atoms with Gasteiger partial charge >= 0.3 is 6.18 Å². The van der Waals surface area contributed by atoms with Crippen molar-refractivity contribution in [3.8, 4) is 0 Å². The smallest absolute Gasteiger partial charge is 0.392 e. The van der Waals surface area contributed by atoms with E-state index in [0.717, 1.165) is 32.2 Å². The van der Waals surface area contributed by atoms with Gasteiger partial charge in [0.15, 0.2) is 0 Å². The van der Waals surface area contributed by atoms with Gasteiger partial charge in [0.25, 0.3) is 0 Å². The van der Waals surface area contributed by atoms with Crippen molar-refractivity contribution in [3.63, 3.8) is 0 Å². The maximum Gasteiger partial charge on any atom is 0.416 e. The Labute approximate surface area is 117 Å². The molecule has 1 N–H and O–H groups in total. The van der Waals surface area contributed by atoms with Crippen LogP contribution in [-0.4, -0.2) is 17.7 Å². The number of aliphatic hydroxyl groups excluding tert-OH is 1. The van der Waals surface area contributed by atoms with Gasteiger partial charge in [-0.05, 0) is 37.0 Å². The highest BCUT2D eigenvalue weighted by molar-refractivity contribution is 5.53. The fraction of sp³-hybridized carbons (Fsp3) is 0.600. The summed E-state index contributed by atoms with van der Waals surface area (Å²) in [6.07, 6.45) is -0.336. The minimum Gasteiger partial charge on any atom is -0.392 e. The summed E-state index contributed by atoms with van der Waals surface area (Å²) in [6.45, 7) is 2.27. The summed E-state index contributed by atoms with van der Waals surface area (Å²) < 4.78 is 39.1. The van der Waals surface area contributed by atoms with Gasteiger partial charge in [0.2, 0.25) is 0 Å². The van der Waals surface area contributed by atoms with Crippen molar-refractivity contribution in [2.75, 3.05) is 11.4 Å².